The first-order valence-corrected chi connectivity index (χ1v) is 9.00. The second-order valence-electron chi connectivity index (χ2n) is 6.78. The van der Waals surface area contributed by atoms with E-state index < -0.39 is 0 Å². The van der Waals surface area contributed by atoms with Gasteiger partial charge in [-0.25, -0.2) is 0 Å². The molecule has 0 amide bonds. The van der Waals surface area contributed by atoms with E-state index in [1.807, 2.05) is 12.1 Å². The molecule has 0 saturated carbocycles. The molecule has 2 N–H and O–H groups in total. The van der Waals surface area contributed by atoms with Crippen molar-refractivity contribution < 1.29 is 4.74 Å². The number of ether oxygens (including phenoxy) is 1. The van der Waals surface area contributed by atoms with Gasteiger partial charge in [0.15, 0.2) is 0 Å². The Kier molecular flexibility index (Phi) is 4.61. The normalized spacial score (nSPS) is 16.2. The Morgan fingerprint density at radius 3 is 2.60 bits per heavy atom. The van der Waals surface area contributed by atoms with Crippen molar-refractivity contribution >= 4 is 16.6 Å². The van der Waals surface area contributed by atoms with Gasteiger partial charge in [0, 0.05) is 48.5 Å². The van der Waals surface area contributed by atoms with Crippen LogP contribution in [0.15, 0.2) is 54.7 Å². The Bertz CT molecular complexity index is 817. The number of piperidine rings is 1. The molecular weight excluding hydrogens is 310 g/mol. The number of nitrogens with zero attached hydrogens (tertiary/aromatic N) is 1. The van der Waals surface area contributed by atoms with Gasteiger partial charge in [-0.05, 0) is 48.7 Å². The number of aromatic amines is 1. The quantitative estimate of drug-likeness (QED) is 0.732. The standard InChI is InChI=1S/C21H25N3O/c1-25-19-8-6-17(7-9-19)23-18-10-12-24(13-11-18)15-16-14-22-21-5-3-2-4-20(16)21/h2-9,14,18,22-23H,10-13,15H2,1H3. The van der Waals surface area contributed by atoms with Crippen LogP contribution in [0.1, 0.15) is 18.4 Å². The van der Waals surface area contributed by atoms with Gasteiger partial charge in [-0.2, -0.15) is 0 Å². The molecule has 1 aliphatic heterocycles. The maximum atomic E-state index is 5.22. The first kappa shape index (κ1) is 16.0. The molecule has 2 heterocycles. The molecule has 0 radical (unpaired) electrons. The number of likely N-dealkylation sites (tertiary alicyclic amines) is 1. The number of hydrogen-bond donors (Lipinski definition) is 2. The summed E-state index contributed by atoms with van der Waals surface area (Å²) in [4.78, 5) is 5.94. The average molecular weight is 335 g/mol. The molecule has 4 rings (SSSR count). The lowest BCUT2D eigenvalue weighted by atomic mass is 10.0. The summed E-state index contributed by atoms with van der Waals surface area (Å²) >= 11 is 0. The van der Waals surface area contributed by atoms with E-state index in [0.717, 1.165) is 25.4 Å². The molecule has 0 aliphatic carbocycles. The van der Waals surface area contributed by atoms with Gasteiger partial charge in [0.05, 0.1) is 7.11 Å². The maximum Gasteiger partial charge on any atom is 0.119 e. The largest absolute Gasteiger partial charge is 0.497 e. The predicted octanol–water partition coefficient (Wildman–Crippen LogP) is 4.25. The number of hydrogen-bond acceptors (Lipinski definition) is 3. The Balaban J connectivity index is 1.32. The van der Waals surface area contributed by atoms with Crippen LogP contribution in [0.3, 0.4) is 0 Å². The van der Waals surface area contributed by atoms with E-state index in [9.17, 15) is 0 Å². The van der Waals surface area contributed by atoms with Crippen molar-refractivity contribution in [3.05, 3.63) is 60.3 Å². The molecule has 25 heavy (non-hydrogen) atoms. The minimum absolute atomic E-state index is 0.549. The van der Waals surface area contributed by atoms with E-state index in [2.05, 4.69) is 57.8 Å². The lowest BCUT2D eigenvalue weighted by Gasteiger charge is -2.32. The monoisotopic (exact) mass is 335 g/mol. The SMILES string of the molecule is COc1ccc(NC2CCN(Cc3c[nH]c4ccccc34)CC2)cc1. The Morgan fingerprint density at radius 1 is 1.08 bits per heavy atom. The van der Waals surface area contributed by atoms with Gasteiger partial charge >= 0.3 is 0 Å². The number of fused-ring (bicyclic) bond motifs is 1. The number of methoxy groups -OCH3 is 1. The highest BCUT2D eigenvalue weighted by atomic mass is 16.5. The van der Waals surface area contributed by atoms with Crippen LogP contribution in [0.4, 0.5) is 5.69 Å². The zero-order valence-electron chi connectivity index (χ0n) is 14.7. The second kappa shape index (κ2) is 7.19. The van der Waals surface area contributed by atoms with Crippen molar-refractivity contribution in [1.82, 2.24) is 9.88 Å². The van der Waals surface area contributed by atoms with Crippen LogP contribution in [0.5, 0.6) is 5.75 Å². The summed E-state index contributed by atoms with van der Waals surface area (Å²) in [5.74, 6) is 0.902. The first-order valence-electron chi connectivity index (χ1n) is 9.00. The number of aromatic nitrogens is 1. The molecule has 4 nitrogen and oxygen atoms in total. The zero-order valence-corrected chi connectivity index (χ0v) is 14.7. The van der Waals surface area contributed by atoms with Crippen LogP contribution >= 0.6 is 0 Å². The third-order valence-corrected chi connectivity index (χ3v) is 5.12. The smallest absolute Gasteiger partial charge is 0.119 e. The molecule has 0 spiro atoms. The summed E-state index contributed by atoms with van der Waals surface area (Å²) in [7, 11) is 1.70. The third-order valence-electron chi connectivity index (χ3n) is 5.12. The minimum atomic E-state index is 0.549. The predicted molar refractivity (Wildman–Crippen MR) is 103 cm³/mol. The fourth-order valence-corrected chi connectivity index (χ4v) is 3.66. The first-order chi connectivity index (χ1) is 12.3. The molecule has 1 aromatic heterocycles. The fourth-order valence-electron chi connectivity index (χ4n) is 3.66. The number of para-hydroxylation sites is 1. The maximum absolute atomic E-state index is 5.22. The van der Waals surface area contributed by atoms with Gasteiger partial charge in [0.1, 0.15) is 5.75 Å². The number of rotatable bonds is 5. The zero-order chi connectivity index (χ0) is 17.1. The Labute approximate surface area is 148 Å². The number of nitrogens with one attached hydrogen (secondary N) is 2. The molecule has 1 saturated heterocycles. The van der Waals surface area contributed by atoms with Crippen LogP contribution in [-0.4, -0.2) is 36.1 Å². The number of benzene rings is 2. The van der Waals surface area contributed by atoms with E-state index >= 15 is 0 Å². The van der Waals surface area contributed by atoms with Gasteiger partial charge in [0.2, 0.25) is 0 Å². The lowest BCUT2D eigenvalue weighted by molar-refractivity contribution is 0.212. The lowest BCUT2D eigenvalue weighted by Crippen LogP contribution is -2.38. The topological polar surface area (TPSA) is 40.3 Å². The van der Waals surface area contributed by atoms with E-state index in [1.54, 1.807) is 7.11 Å². The third kappa shape index (κ3) is 3.64. The highest BCUT2D eigenvalue weighted by molar-refractivity contribution is 5.82. The molecule has 0 unspecified atom stereocenters. The van der Waals surface area contributed by atoms with Crippen LogP contribution in [0, 0.1) is 0 Å². The summed E-state index contributed by atoms with van der Waals surface area (Å²) < 4.78 is 5.22. The van der Waals surface area contributed by atoms with Crippen molar-refractivity contribution in [2.24, 2.45) is 0 Å². The highest BCUT2D eigenvalue weighted by Crippen LogP contribution is 2.23. The number of H-pyrrole nitrogens is 1. The van der Waals surface area contributed by atoms with Crippen molar-refractivity contribution in [3.63, 3.8) is 0 Å². The summed E-state index contributed by atoms with van der Waals surface area (Å²) in [5.41, 5.74) is 3.81. The second-order valence-corrected chi connectivity index (χ2v) is 6.78. The van der Waals surface area contributed by atoms with Crippen molar-refractivity contribution in [1.29, 1.82) is 0 Å². The van der Waals surface area contributed by atoms with Gasteiger partial charge < -0.3 is 15.0 Å². The Hall–Kier alpha value is -2.46. The van der Waals surface area contributed by atoms with Gasteiger partial charge in [-0.15, -0.1) is 0 Å². The summed E-state index contributed by atoms with van der Waals surface area (Å²) in [6.07, 6.45) is 4.51. The molecule has 0 bridgehead atoms. The molecule has 1 aliphatic rings. The van der Waals surface area contributed by atoms with Crippen molar-refractivity contribution in [2.75, 3.05) is 25.5 Å². The average Bonchev–Trinajstić information content (AvgIpc) is 3.07. The van der Waals surface area contributed by atoms with Gasteiger partial charge in [-0.1, -0.05) is 18.2 Å². The number of anilines is 1. The molecule has 3 aromatic rings. The molecule has 2 aromatic carbocycles. The molecule has 0 atom stereocenters. The van der Waals surface area contributed by atoms with E-state index in [4.69, 9.17) is 4.74 Å². The van der Waals surface area contributed by atoms with Crippen molar-refractivity contribution in [2.45, 2.75) is 25.4 Å². The van der Waals surface area contributed by atoms with Crippen LogP contribution in [0.2, 0.25) is 0 Å². The molecule has 130 valence electrons. The van der Waals surface area contributed by atoms with Crippen LogP contribution < -0.4 is 10.1 Å². The minimum Gasteiger partial charge on any atom is -0.497 e. The summed E-state index contributed by atoms with van der Waals surface area (Å²) in [6, 6.07) is 17.3. The van der Waals surface area contributed by atoms with Crippen LogP contribution in [-0.2, 0) is 6.54 Å². The summed E-state index contributed by atoms with van der Waals surface area (Å²) in [5, 5.41) is 5.00. The van der Waals surface area contributed by atoms with E-state index in [-0.39, 0.29) is 0 Å². The van der Waals surface area contributed by atoms with Gasteiger partial charge in [0.25, 0.3) is 0 Å². The van der Waals surface area contributed by atoms with Gasteiger partial charge in [-0.3, -0.25) is 4.90 Å². The highest BCUT2D eigenvalue weighted by Gasteiger charge is 2.20. The summed E-state index contributed by atoms with van der Waals surface area (Å²) in [6.45, 7) is 3.29. The fraction of sp³-hybridized carbons (Fsp3) is 0.333. The van der Waals surface area contributed by atoms with Crippen molar-refractivity contribution in [3.8, 4) is 5.75 Å². The molecule has 1 fully saturated rings. The van der Waals surface area contributed by atoms with E-state index in [0.29, 0.717) is 6.04 Å². The molecular formula is C21H25N3O. The van der Waals surface area contributed by atoms with E-state index in [1.165, 1.54) is 35.0 Å². The van der Waals surface area contributed by atoms with Crippen LogP contribution in [0.25, 0.3) is 10.9 Å². The Morgan fingerprint density at radius 2 is 1.84 bits per heavy atom. The molecule has 4 heteroatoms.